The second-order valence-corrected chi connectivity index (χ2v) is 5.79. The van der Waals surface area contributed by atoms with Gasteiger partial charge in [-0.25, -0.2) is 0 Å². The van der Waals surface area contributed by atoms with Crippen molar-refractivity contribution in [3.8, 4) is 0 Å². The number of likely N-dealkylation sites (N-methyl/N-ethyl adjacent to an activating group) is 2. The zero-order valence-electron chi connectivity index (χ0n) is 12.5. The van der Waals surface area contributed by atoms with Gasteiger partial charge in [0.1, 0.15) is 0 Å². The van der Waals surface area contributed by atoms with E-state index < -0.39 is 0 Å². The molecule has 2 rings (SSSR count). The predicted molar refractivity (Wildman–Crippen MR) is 79.8 cm³/mol. The molecule has 1 saturated carbocycles. The van der Waals surface area contributed by atoms with Crippen LogP contribution < -0.4 is 0 Å². The lowest BCUT2D eigenvalue weighted by Gasteiger charge is -2.34. The van der Waals surface area contributed by atoms with Crippen LogP contribution in [-0.2, 0) is 4.79 Å². The maximum absolute atomic E-state index is 12.2. The van der Waals surface area contributed by atoms with Crippen LogP contribution in [0.1, 0.15) is 23.2 Å². The average Bonchev–Trinajstić information content (AvgIpc) is 2.45. The zero-order valence-corrected chi connectivity index (χ0v) is 12.5. The Bertz CT molecular complexity index is 498. The molecule has 1 aliphatic rings. The van der Waals surface area contributed by atoms with Crippen LogP contribution in [0.15, 0.2) is 30.3 Å². The molecule has 114 valence electrons. The number of rotatable bonds is 5. The second-order valence-electron chi connectivity index (χ2n) is 5.79. The van der Waals surface area contributed by atoms with Crippen LogP contribution in [0.2, 0.25) is 0 Å². The number of amides is 2. The highest BCUT2D eigenvalue weighted by atomic mass is 16.3. The average molecular weight is 290 g/mol. The first-order valence-corrected chi connectivity index (χ1v) is 7.20. The van der Waals surface area contributed by atoms with Crippen molar-refractivity contribution in [3.63, 3.8) is 0 Å². The van der Waals surface area contributed by atoms with Crippen molar-refractivity contribution in [1.29, 1.82) is 0 Å². The molecule has 0 saturated heterocycles. The molecule has 0 heterocycles. The van der Waals surface area contributed by atoms with Crippen LogP contribution >= 0.6 is 0 Å². The van der Waals surface area contributed by atoms with Gasteiger partial charge >= 0.3 is 0 Å². The van der Waals surface area contributed by atoms with Crippen LogP contribution in [0.3, 0.4) is 0 Å². The molecule has 0 aliphatic heterocycles. The number of aliphatic hydroxyl groups excluding tert-OH is 1. The molecule has 5 heteroatoms. The lowest BCUT2D eigenvalue weighted by molar-refractivity contribution is -0.132. The number of benzene rings is 1. The van der Waals surface area contributed by atoms with Gasteiger partial charge in [-0.15, -0.1) is 0 Å². The molecule has 1 aromatic carbocycles. The van der Waals surface area contributed by atoms with Gasteiger partial charge in [-0.05, 0) is 30.9 Å². The quantitative estimate of drug-likeness (QED) is 0.879. The van der Waals surface area contributed by atoms with E-state index in [-0.39, 0.29) is 24.5 Å². The van der Waals surface area contributed by atoms with Crippen LogP contribution in [0.4, 0.5) is 0 Å². The number of nitrogens with zero attached hydrogens (tertiary/aromatic N) is 2. The third-order valence-electron chi connectivity index (χ3n) is 3.91. The monoisotopic (exact) mass is 290 g/mol. The molecule has 2 amide bonds. The van der Waals surface area contributed by atoms with Crippen molar-refractivity contribution in [3.05, 3.63) is 35.9 Å². The summed E-state index contributed by atoms with van der Waals surface area (Å²) in [6, 6.07) is 8.93. The highest BCUT2D eigenvalue weighted by molar-refractivity contribution is 5.96. The Hall–Kier alpha value is -1.88. The lowest BCUT2D eigenvalue weighted by Crippen LogP contribution is -2.44. The lowest BCUT2D eigenvalue weighted by atomic mass is 9.82. The Morgan fingerprint density at radius 1 is 1.14 bits per heavy atom. The number of hydrogen-bond donors (Lipinski definition) is 1. The Morgan fingerprint density at radius 3 is 2.33 bits per heavy atom. The largest absolute Gasteiger partial charge is 0.393 e. The van der Waals surface area contributed by atoms with E-state index in [0.29, 0.717) is 18.0 Å². The van der Waals surface area contributed by atoms with Crippen molar-refractivity contribution in [1.82, 2.24) is 9.80 Å². The molecule has 1 N–H and O–H groups in total. The minimum absolute atomic E-state index is 0.0689. The van der Waals surface area contributed by atoms with Gasteiger partial charge in [0, 0.05) is 26.2 Å². The fourth-order valence-electron chi connectivity index (χ4n) is 2.54. The Balaban J connectivity index is 1.82. The summed E-state index contributed by atoms with van der Waals surface area (Å²) < 4.78 is 0. The van der Waals surface area contributed by atoms with Crippen LogP contribution in [0, 0.1) is 5.92 Å². The van der Waals surface area contributed by atoms with Crippen molar-refractivity contribution in [2.45, 2.75) is 18.9 Å². The van der Waals surface area contributed by atoms with Gasteiger partial charge in [-0.3, -0.25) is 9.59 Å². The molecule has 1 aromatic rings. The van der Waals surface area contributed by atoms with E-state index in [4.69, 9.17) is 0 Å². The molecule has 0 spiro atoms. The van der Waals surface area contributed by atoms with Gasteiger partial charge in [0.05, 0.1) is 12.6 Å². The van der Waals surface area contributed by atoms with E-state index in [2.05, 4.69) is 0 Å². The van der Waals surface area contributed by atoms with Gasteiger partial charge in [0.2, 0.25) is 5.91 Å². The van der Waals surface area contributed by atoms with Crippen LogP contribution in [0.5, 0.6) is 0 Å². The molecule has 0 bridgehead atoms. The normalized spacial score (nSPS) is 20.5. The first-order valence-electron chi connectivity index (χ1n) is 7.20. The topological polar surface area (TPSA) is 60.9 Å². The second kappa shape index (κ2) is 6.72. The molecule has 1 aliphatic carbocycles. The maximum Gasteiger partial charge on any atom is 0.254 e. The number of aliphatic hydroxyl groups is 1. The summed E-state index contributed by atoms with van der Waals surface area (Å²) >= 11 is 0. The SMILES string of the molecule is CN(CC1CC(O)C1)C(=O)CN(C)C(=O)c1ccccc1. The van der Waals surface area contributed by atoms with E-state index in [1.54, 1.807) is 43.3 Å². The van der Waals surface area contributed by atoms with E-state index >= 15 is 0 Å². The van der Waals surface area contributed by atoms with Crippen molar-refractivity contribution >= 4 is 11.8 Å². The summed E-state index contributed by atoms with van der Waals surface area (Å²) in [5, 5.41) is 9.26. The number of hydrogen-bond acceptors (Lipinski definition) is 3. The van der Waals surface area contributed by atoms with E-state index in [1.165, 1.54) is 4.90 Å². The standard InChI is InChI=1S/C16H22N2O3/c1-17(10-12-8-14(19)9-12)15(20)11-18(2)16(21)13-6-4-3-5-7-13/h3-7,12,14,19H,8-11H2,1-2H3. The minimum atomic E-state index is -0.208. The molecular weight excluding hydrogens is 268 g/mol. The zero-order chi connectivity index (χ0) is 15.4. The fourth-order valence-corrected chi connectivity index (χ4v) is 2.54. The van der Waals surface area contributed by atoms with E-state index in [0.717, 1.165) is 12.8 Å². The summed E-state index contributed by atoms with van der Waals surface area (Å²) in [5.41, 5.74) is 0.581. The summed E-state index contributed by atoms with van der Waals surface area (Å²) in [6.07, 6.45) is 1.31. The van der Waals surface area contributed by atoms with E-state index in [1.807, 2.05) is 6.07 Å². The first kappa shape index (κ1) is 15.5. The van der Waals surface area contributed by atoms with Crippen molar-refractivity contribution < 1.29 is 14.7 Å². The molecule has 1 fully saturated rings. The van der Waals surface area contributed by atoms with Gasteiger partial charge in [-0.1, -0.05) is 18.2 Å². The molecule has 0 radical (unpaired) electrons. The van der Waals surface area contributed by atoms with Crippen molar-refractivity contribution in [2.75, 3.05) is 27.2 Å². The summed E-state index contributed by atoms with van der Waals surface area (Å²) in [7, 11) is 3.38. The summed E-state index contributed by atoms with van der Waals surface area (Å²) in [6.45, 7) is 0.711. The Labute approximate surface area is 125 Å². The molecule has 5 nitrogen and oxygen atoms in total. The molecule has 21 heavy (non-hydrogen) atoms. The van der Waals surface area contributed by atoms with Gasteiger partial charge < -0.3 is 14.9 Å². The minimum Gasteiger partial charge on any atom is -0.393 e. The fraction of sp³-hybridized carbons (Fsp3) is 0.500. The summed E-state index contributed by atoms with van der Waals surface area (Å²) in [4.78, 5) is 27.4. The molecular formula is C16H22N2O3. The van der Waals surface area contributed by atoms with E-state index in [9.17, 15) is 14.7 Å². The first-order chi connectivity index (χ1) is 9.97. The molecule has 0 atom stereocenters. The van der Waals surface area contributed by atoms with Crippen LogP contribution in [-0.4, -0.2) is 60.0 Å². The van der Waals surface area contributed by atoms with Gasteiger partial charge in [-0.2, -0.15) is 0 Å². The number of carbonyl (C=O) groups is 2. The van der Waals surface area contributed by atoms with Gasteiger partial charge in [0.25, 0.3) is 5.91 Å². The molecule has 0 unspecified atom stereocenters. The predicted octanol–water partition coefficient (Wildman–Crippen LogP) is 0.988. The van der Waals surface area contributed by atoms with Crippen LogP contribution in [0.25, 0.3) is 0 Å². The summed E-state index contributed by atoms with van der Waals surface area (Å²) in [5.74, 6) is 0.142. The van der Waals surface area contributed by atoms with Gasteiger partial charge in [0.15, 0.2) is 0 Å². The highest BCUT2D eigenvalue weighted by Gasteiger charge is 2.29. The highest BCUT2D eigenvalue weighted by Crippen LogP contribution is 2.27. The Morgan fingerprint density at radius 2 is 1.76 bits per heavy atom. The third kappa shape index (κ3) is 4.04. The Kier molecular flexibility index (Phi) is 4.96. The smallest absolute Gasteiger partial charge is 0.254 e. The molecule has 0 aromatic heterocycles. The third-order valence-corrected chi connectivity index (χ3v) is 3.91. The van der Waals surface area contributed by atoms with Crippen molar-refractivity contribution in [2.24, 2.45) is 5.92 Å². The maximum atomic E-state index is 12.2. The number of carbonyl (C=O) groups excluding carboxylic acids is 2.